The van der Waals surface area contributed by atoms with E-state index in [1.165, 1.54) is 5.56 Å². The Morgan fingerprint density at radius 1 is 1.58 bits per heavy atom. The summed E-state index contributed by atoms with van der Waals surface area (Å²) in [5, 5.41) is 11.7. The predicted octanol–water partition coefficient (Wildman–Crippen LogP) is 3.06. The minimum absolute atomic E-state index is 0.421. The maximum atomic E-state index is 9.69. The van der Waals surface area contributed by atoms with Crippen molar-refractivity contribution in [2.75, 3.05) is 0 Å². The van der Waals surface area contributed by atoms with Crippen LogP contribution in [0.3, 0.4) is 0 Å². The Bertz CT molecular complexity index is 282. The van der Waals surface area contributed by atoms with E-state index in [4.69, 9.17) is 0 Å². The molecule has 0 fully saturated rings. The molecule has 0 aliphatic heterocycles. The molecule has 0 aromatic carbocycles. The molecule has 1 nitrogen and oxygen atoms in total. The van der Waals surface area contributed by atoms with Crippen molar-refractivity contribution < 1.29 is 5.11 Å². The number of aliphatic hydroxyl groups excluding tert-OH is 1. The molecule has 12 heavy (non-hydrogen) atoms. The Hall–Kier alpha value is -0.600. The largest absolute Gasteiger partial charge is 0.383 e. The van der Waals surface area contributed by atoms with Crippen molar-refractivity contribution in [3.8, 4) is 0 Å². The Morgan fingerprint density at radius 3 is 2.67 bits per heavy atom. The fourth-order valence-corrected chi connectivity index (χ4v) is 1.96. The summed E-state index contributed by atoms with van der Waals surface area (Å²) in [7, 11) is 0. The number of thiophene rings is 1. The first-order chi connectivity index (χ1) is 5.61. The van der Waals surface area contributed by atoms with Gasteiger partial charge < -0.3 is 5.11 Å². The molecule has 0 spiro atoms. The lowest BCUT2D eigenvalue weighted by atomic mass is 10.1. The lowest BCUT2D eigenvalue weighted by Gasteiger charge is -2.04. The van der Waals surface area contributed by atoms with E-state index in [9.17, 15) is 5.11 Å². The lowest BCUT2D eigenvalue weighted by Crippen LogP contribution is -1.91. The van der Waals surface area contributed by atoms with E-state index in [-0.39, 0.29) is 0 Å². The summed E-state index contributed by atoms with van der Waals surface area (Å²) in [6.07, 6.45) is 1.45. The van der Waals surface area contributed by atoms with Gasteiger partial charge >= 0.3 is 0 Å². The van der Waals surface area contributed by atoms with Crippen LogP contribution < -0.4 is 0 Å². The van der Waals surface area contributed by atoms with E-state index in [0.29, 0.717) is 0 Å². The van der Waals surface area contributed by atoms with Crippen molar-refractivity contribution in [1.29, 1.82) is 0 Å². The third-order valence-corrected chi connectivity index (χ3v) is 2.75. The van der Waals surface area contributed by atoms with Gasteiger partial charge in [0.15, 0.2) is 0 Å². The Morgan fingerprint density at radius 2 is 2.25 bits per heavy atom. The first-order valence-corrected chi connectivity index (χ1v) is 4.86. The highest BCUT2D eigenvalue weighted by molar-refractivity contribution is 7.10. The molecule has 1 N–H and O–H groups in total. The van der Waals surface area contributed by atoms with Gasteiger partial charge in [-0.15, -0.1) is 11.3 Å². The smallest absolute Gasteiger partial charge is 0.107 e. The van der Waals surface area contributed by atoms with Crippen LogP contribution in [0.25, 0.3) is 0 Å². The van der Waals surface area contributed by atoms with E-state index < -0.39 is 6.10 Å². The third kappa shape index (κ3) is 2.19. The zero-order valence-electron chi connectivity index (χ0n) is 7.66. The summed E-state index contributed by atoms with van der Waals surface area (Å²) < 4.78 is 0. The third-order valence-electron chi connectivity index (χ3n) is 1.66. The second kappa shape index (κ2) is 3.87. The Kier molecular flexibility index (Phi) is 3.06. The van der Waals surface area contributed by atoms with Gasteiger partial charge in [0, 0.05) is 4.88 Å². The standard InChI is InChI=1S/C10H14OS/c1-7(2)6-9(11)10-8(3)4-5-12-10/h4-6,9,11H,1-3H3. The average molecular weight is 182 g/mol. The number of aryl methyl sites for hydroxylation is 1. The highest BCUT2D eigenvalue weighted by Gasteiger charge is 2.07. The van der Waals surface area contributed by atoms with Crippen LogP contribution in [0.15, 0.2) is 23.1 Å². The van der Waals surface area contributed by atoms with Crippen molar-refractivity contribution in [2.24, 2.45) is 0 Å². The van der Waals surface area contributed by atoms with Crippen molar-refractivity contribution >= 4 is 11.3 Å². The van der Waals surface area contributed by atoms with Crippen LogP contribution in [0, 0.1) is 6.92 Å². The fraction of sp³-hybridized carbons (Fsp3) is 0.400. The molecule has 1 rings (SSSR count). The monoisotopic (exact) mass is 182 g/mol. The molecule has 0 aliphatic carbocycles. The van der Waals surface area contributed by atoms with Crippen molar-refractivity contribution in [1.82, 2.24) is 0 Å². The first kappa shape index (κ1) is 9.49. The Labute approximate surface area is 77.4 Å². The maximum absolute atomic E-state index is 9.69. The molecule has 1 unspecified atom stereocenters. The van der Waals surface area contributed by atoms with Crippen LogP contribution in [0.4, 0.5) is 0 Å². The molecule has 0 bridgehead atoms. The van der Waals surface area contributed by atoms with Crippen molar-refractivity contribution in [3.05, 3.63) is 33.5 Å². The topological polar surface area (TPSA) is 20.2 Å². The molecule has 1 atom stereocenters. The summed E-state index contributed by atoms with van der Waals surface area (Å²) in [5.74, 6) is 0. The van der Waals surface area contributed by atoms with Gasteiger partial charge in [-0.3, -0.25) is 0 Å². The van der Waals surface area contributed by atoms with Crippen LogP contribution in [0.2, 0.25) is 0 Å². The molecule has 2 heteroatoms. The first-order valence-electron chi connectivity index (χ1n) is 3.98. The van der Waals surface area contributed by atoms with Crippen LogP contribution in [0.5, 0.6) is 0 Å². The summed E-state index contributed by atoms with van der Waals surface area (Å²) >= 11 is 1.61. The van der Waals surface area contributed by atoms with Gasteiger partial charge in [-0.25, -0.2) is 0 Å². The SMILES string of the molecule is CC(C)=CC(O)c1sccc1C. The molecular formula is C10H14OS. The van der Waals surface area contributed by atoms with Gasteiger partial charge in [0.1, 0.15) is 6.10 Å². The van der Waals surface area contributed by atoms with E-state index in [1.54, 1.807) is 11.3 Å². The van der Waals surface area contributed by atoms with Crippen LogP contribution in [-0.2, 0) is 0 Å². The minimum atomic E-state index is -0.421. The maximum Gasteiger partial charge on any atom is 0.107 e. The normalized spacial score (nSPS) is 12.7. The van der Waals surface area contributed by atoms with Gasteiger partial charge in [0.25, 0.3) is 0 Å². The predicted molar refractivity (Wildman–Crippen MR) is 53.4 cm³/mol. The van der Waals surface area contributed by atoms with Crippen LogP contribution in [0.1, 0.15) is 30.4 Å². The van der Waals surface area contributed by atoms with Gasteiger partial charge in [-0.05, 0) is 37.8 Å². The van der Waals surface area contributed by atoms with Crippen molar-refractivity contribution in [3.63, 3.8) is 0 Å². The van der Waals surface area contributed by atoms with Gasteiger partial charge in [-0.2, -0.15) is 0 Å². The zero-order chi connectivity index (χ0) is 9.14. The molecule has 66 valence electrons. The quantitative estimate of drug-likeness (QED) is 0.697. The summed E-state index contributed by atoms with van der Waals surface area (Å²) in [6, 6.07) is 2.03. The number of allylic oxidation sites excluding steroid dienone is 1. The van der Waals surface area contributed by atoms with E-state index in [0.717, 1.165) is 10.5 Å². The second-order valence-electron chi connectivity index (χ2n) is 3.16. The Balaban J connectivity index is 2.85. The molecule has 1 aromatic heterocycles. The molecule has 0 saturated carbocycles. The van der Waals surface area contributed by atoms with E-state index >= 15 is 0 Å². The van der Waals surface area contributed by atoms with Gasteiger partial charge in [-0.1, -0.05) is 11.6 Å². The van der Waals surface area contributed by atoms with Crippen LogP contribution in [-0.4, -0.2) is 5.11 Å². The lowest BCUT2D eigenvalue weighted by molar-refractivity contribution is 0.231. The molecule has 1 heterocycles. The number of aliphatic hydroxyl groups is 1. The summed E-state index contributed by atoms with van der Waals surface area (Å²) in [5.41, 5.74) is 2.32. The number of hydrogen-bond donors (Lipinski definition) is 1. The van der Waals surface area contributed by atoms with Gasteiger partial charge in [0.2, 0.25) is 0 Å². The number of rotatable bonds is 2. The van der Waals surface area contributed by atoms with Gasteiger partial charge in [0.05, 0.1) is 0 Å². The molecule has 1 aromatic rings. The second-order valence-corrected chi connectivity index (χ2v) is 4.10. The molecule has 0 aliphatic rings. The zero-order valence-corrected chi connectivity index (χ0v) is 8.48. The van der Waals surface area contributed by atoms with Crippen molar-refractivity contribution in [2.45, 2.75) is 26.9 Å². The molecule has 0 saturated heterocycles. The number of hydrogen-bond acceptors (Lipinski definition) is 2. The van der Waals surface area contributed by atoms with Crippen LogP contribution >= 0.6 is 11.3 Å². The average Bonchev–Trinajstić information content (AvgIpc) is 2.33. The minimum Gasteiger partial charge on any atom is -0.383 e. The fourth-order valence-electron chi connectivity index (χ4n) is 1.08. The summed E-state index contributed by atoms with van der Waals surface area (Å²) in [4.78, 5) is 1.05. The molecule has 0 radical (unpaired) electrons. The molecular weight excluding hydrogens is 168 g/mol. The molecule has 0 amide bonds. The highest BCUT2D eigenvalue weighted by atomic mass is 32.1. The van der Waals surface area contributed by atoms with E-state index in [2.05, 4.69) is 0 Å². The highest BCUT2D eigenvalue weighted by Crippen LogP contribution is 2.25. The summed E-state index contributed by atoms with van der Waals surface area (Å²) in [6.45, 7) is 6.01. The van der Waals surface area contributed by atoms with E-state index in [1.807, 2.05) is 38.3 Å².